The molecule has 1 aliphatic heterocycles. The molecule has 2 rings (SSSR count). The molecule has 0 saturated carbocycles. The van der Waals surface area contributed by atoms with Gasteiger partial charge in [-0.2, -0.15) is 13.2 Å². The summed E-state index contributed by atoms with van der Waals surface area (Å²) in [6, 6.07) is 4.68. The van der Waals surface area contributed by atoms with Gasteiger partial charge in [0, 0.05) is 25.6 Å². The van der Waals surface area contributed by atoms with Crippen molar-refractivity contribution in [1.82, 2.24) is 10.6 Å². The van der Waals surface area contributed by atoms with Crippen molar-refractivity contribution in [3.8, 4) is 0 Å². The van der Waals surface area contributed by atoms with Crippen LogP contribution in [0.4, 0.5) is 13.2 Å². The minimum Gasteiger partial charge on any atom is -0.355 e. The van der Waals surface area contributed by atoms with Crippen LogP contribution in [0.2, 0.25) is 0 Å². The molecular formula is C13H15F3N2O. The Hall–Kier alpha value is -1.56. The molecule has 104 valence electrons. The maximum atomic E-state index is 12.4. The third-order valence-corrected chi connectivity index (χ3v) is 3.10. The summed E-state index contributed by atoms with van der Waals surface area (Å²) in [4.78, 5) is 11.6. The summed E-state index contributed by atoms with van der Waals surface area (Å²) < 4.78 is 37.1. The third kappa shape index (κ3) is 3.96. The van der Waals surface area contributed by atoms with Crippen molar-refractivity contribution in [2.75, 3.05) is 19.6 Å². The van der Waals surface area contributed by atoms with E-state index in [1.807, 2.05) is 0 Å². The second-order valence-electron chi connectivity index (χ2n) is 4.70. The fraction of sp³-hybridized carbons (Fsp3) is 0.462. The van der Waals surface area contributed by atoms with Gasteiger partial charge in [-0.05, 0) is 17.7 Å². The summed E-state index contributed by atoms with van der Waals surface area (Å²) in [6.45, 7) is 2.42. The summed E-state index contributed by atoms with van der Waals surface area (Å²) >= 11 is 0. The van der Waals surface area contributed by atoms with Crippen LogP contribution >= 0.6 is 0 Å². The number of hydrogen-bond donors (Lipinski definition) is 2. The summed E-state index contributed by atoms with van der Waals surface area (Å²) in [5.74, 6) is 0.309. The monoisotopic (exact) mass is 272 g/mol. The van der Waals surface area contributed by atoms with Gasteiger partial charge in [0.05, 0.1) is 12.0 Å². The van der Waals surface area contributed by atoms with Crippen LogP contribution in [0.25, 0.3) is 0 Å². The molecule has 0 bridgehead atoms. The molecule has 1 fully saturated rings. The van der Waals surface area contributed by atoms with Gasteiger partial charge < -0.3 is 10.6 Å². The Balaban J connectivity index is 1.83. The first-order valence-electron chi connectivity index (χ1n) is 6.08. The molecule has 0 unspecified atom stereocenters. The molecule has 0 spiro atoms. The quantitative estimate of drug-likeness (QED) is 0.874. The number of carbonyl (C=O) groups is 1. The van der Waals surface area contributed by atoms with E-state index in [1.165, 1.54) is 12.1 Å². The Bertz CT molecular complexity index is 438. The zero-order valence-electron chi connectivity index (χ0n) is 10.3. The Kier molecular flexibility index (Phi) is 4.09. The smallest absolute Gasteiger partial charge is 0.355 e. The summed E-state index contributed by atoms with van der Waals surface area (Å²) in [7, 11) is 0. The van der Waals surface area contributed by atoms with Gasteiger partial charge in [0.25, 0.3) is 0 Å². The fourth-order valence-electron chi connectivity index (χ4n) is 1.81. The molecule has 3 nitrogen and oxygen atoms in total. The average molecular weight is 272 g/mol. The summed E-state index contributed by atoms with van der Waals surface area (Å²) in [5.41, 5.74) is -0.116. The van der Waals surface area contributed by atoms with Crippen LogP contribution in [0, 0.1) is 5.92 Å². The van der Waals surface area contributed by atoms with Crippen molar-refractivity contribution in [3.63, 3.8) is 0 Å². The Morgan fingerprint density at radius 1 is 1.26 bits per heavy atom. The van der Waals surface area contributed by atoms with Gasteiger partial charge in [0.1, 0.15) is 0 Å². The molecule has 1 aromatic carbocycles. The maximum absolute atomic E-state index is 12.4. The molecule has 0 aliphatic carbocycles. The Labute approximate surface area is 109 Å². The van der Waals surface area contributed by atoms with Crippen LogP contribution in [0.5, 0.6) is 0 Å². The predicted molar refractivity (Wildman–Crippen MR) is 64.5 cm³/mol. The molecule has 6 heteroatoms. The largest absolute Gasteiger partial charge is 0.416 e. The van der Waals surface area contributed by atoms with E-state index in [2.05, 4.69) is 10.6 Å². The van der Waals surface area contributed by atoms with E-state index in [0.717, 1.165) is 25.2 Å². The third-order valence-electron chi connectivity index (χ3n) is 3.10. The number of benzene rings is 1. The number of carbonyl (C=O) groups excluding carboxylic acids is 1. The van der Waals surface area contributed by atoms with E-state index in [0.29, 0.717) is 18.0 Å². The second kappa shape index (κ2) is 5.61. The van der Waals surface area contributed by atoms with Gasteiger partial charge in [-0.25, -0.2) is 0 Å². The number of amides is 1. The molecule has 2 N–H and O–H groups in total. The van der Waals surface area contributed by atoms with Gasteiger partial charge in [-0.1, -0.05) is 12.1 Å². The topological polar surface area (TPSA) is 41.1 Å². The first-order valence-corrected chi connectivity index (χ1v) is 6.08. The molecule has 1 amide bonds. The Morgan fingerprint density at radius 3 is 2.37 bits per heavy atom. The summed E-state index contributed by atoms with van der Waals surface area (Å²) in [5, 5.41) is 5.87. The van der Waals surface area contributed by atoms with E-state index in [-0.39, 0.29) is 12.3 Å². The van der Waals surface area contributed by atoms with Crippen LogP contribution in [-0.4, -0.2) is 25.5 Å². The molecule has 0 radical (unpaired) electrons. The van der Waals surface area contributed by atoms with Gasteiger partial charge in [0.2, 0.25) is 5.91 Å². The lowest BCUT2D eigenvalue weighted by Crippen LogP contribution is -2.48. The number of hydrogen-bond acceptors (Lipinski definition) is 2. The van der Waals surface area contributed by atoms with Crippen molar-refractivity contribution in [1.29, 1.82) is 0 Å². The Morgan fingerprint density at radius 2 is 1.89 bits per heavy atom. The highest BCUT2D eigenvalue weighted by Crippen LogP contribution is 2.29. The van der Waals surface area contributed by atoms with E-state index in [4.69, 9.17) is 0 Å². The molecular weight excluding hydrogens is 257 g/mol. The minimum atomic E-state index is -4.34. The molecule has 19 heavy (non-hydrogen) atoms. The van der Waals surface area contributed by atoms with Crippen molar-refractivity contribution >= 4 is 5.91 Å². The molecule has 1 heterocycles. The lowest BCUT2D eigenvalue weighted by atomic mass is 10.0. The minimum absolute atomic E-state index is 0.109. The molecule has 1 aromatic rings. The fourth-order valence-corrected chi connectivity index (χ4v) is 1.81. The first kappa shape index (κ1) is 13.9. The van der Waals surface area contributed by atoms with Crippen LogP contribution in [0.1, 0.15) is 11.1 Å². The van der Waals surface area contributed by atoms with Gasteiger partial charge >= 0.3 is 6.18 Å². The van der Waals surface area contributed by atoms with Gasteiger partial charge in [0.15, 0.2) is 0 Å². The maximum Gasteiger partial charge on any atom is 0.416 e. The van der Waals surface area contributed by atoms with Gasteiger partial charge in [-0.3, -0.25) is 4.79 Å². The SMILES string of the molecule is O=C(Cc1ccc(C(F)(F)F)cc1)NCC1CNC1. The van der Waals surface area contributed by atoms with E-state index < -0.39 is 11.7 Å². The number of alkyl halides is 3. The normalized spacial score (nSPS) is 15.9. The lowest BCUT2D eigenvalue weighted by molar-refractivity contribution is -0.137. The van der Waals surface area contributed by atoms with Crippen LogP contribution in [0.15, 0.2) is 24.3 Å². The summed E-state index contributed by atoms with van der Waals surface area (Å²) in [6.07, 6.45) is -4.23. The zero-order chi connectivity index (χ0) is 13.9. The van der Waals surface area contributed by atoms with Gasteiger partial charge in [-0.15, -0.1) is 0 Å². The second-order valence-corrected chi connectivity index (χ2v) is 4.70. The highest BCUT2D eigenvalue weighted by Gasteiger charge is 2.29. The van der Waals surface area contributed by atoms with E-state index >= 15 is 0 Å². The average Bonchev–Trinajstić information content (AvgIpc) is 2.26. The number of halogens is 3. The predicted octanol–water partition coefficient (Wildman–Crippen LogP) is 1.58. The first-order chi connectivity index (χ1) is 8.95. The van der Waals surface area contributed by atoms with Crippen LogP contribution in [-0.2, 0) is 17.4 Å². The number of nitrogens with one attached hydrogen (secondary N) is 2. The highest BCUT2D eigenvalue weighted by atomic mass is 19.4. The van der Waals surface area contributed by atoms with E-state index in [1.54, 1.807) is 0 Å². The standard InChI is InChI=1S/C13H15F3N2O/c14-13(15,16)11-3-1-9(2-4-11)5-12(19)18-8-10-6-17-7-10/h1-4,10,17H,5-8H2,(H,18,19). The van der Waals surface area contributed by atoms with Crippen molar-refractivity contribution in [2.24, 2.45) is 5.92 Å². The van der Waals surface area contributed by atoms with Crippen LogP contribution < -0.4 is 10.6 Å². The molecule has 1 saturated heterocycles. The van der Waals surface area contributed by atoms with E-state index in [9.17, 15) is 18.0 Å². The lowest BCUT2D eigenvalue weighted by Gasteiger charge is -2.27. The zero-order valence-corrected chi connectivity index (χ0v) is 10.3. The van der Waals surface area contributed by atoms with Crippen molar-refractivity contribution in [3.05, 3.63) is 35.4 Å². The molecule has 1 aliphatic rings. The molecule has 0 aromatic heterocycles. The van der Waals surface area contributed by atoms with Crippen LogP contribution in [0.3, 0.4) is 0 Å². The molecule has 0 atom stereocenters. The van der Waals surface area contributed by atoms with Crippen molar-refractivity contribution in [2.45, 2.75) is 12.6 Å². The highest BCUT2D eigenvalue weighted by molar-refractivity contribution is 5.78. The number of rotatable bonds is 4. The van der Waals surface area contributed by atoms with Crippen molar-refractivity contribution < 1.29 is 18.0 Å².